The number of unbranched alkanes of at least 4 members (excludes halogenated alkanes) is 1. The van der Waals surface area contributed by atoms with Crippen molar-refractivity contribution in [3.05, 3.63) is 70.9 Å². The molecule has 3 aliphatic heterocycles. The third kappa shape index (κ3) is 5.76. The number of fused-ring (bicyclic) bond motifs is 4. The molecule has 3 amide bonds. The zero-order valence-electron chi connectivity index (χ0n) is 23.1. The predicted octanol–water partition coefficient (Wildman–Crippen LogP) is 3.19. The van der Waals surface area contributed by atoms with Crippen molar-refractivity contribution in [2.45, 2.75) is 70.9 Å². The van der Waals surface area contributed by atoms with Crippen LogP contribution in [0, 0.1) is 0 Å². The number of ether oxygens (including phenoxy) is 1. The topological polar surface area (TPSA) is 118 Å². The number of nitrogens with zero attached hydrogens (tertiary/aromatic N) is 3. The summed E-state index contributed by atoms with van der Waals surface area (Å²) in [6, 6.07) is 15.1. The summed E-state index contributed by atoms with van der Waals surface area (Å²) in [5.74, 6) is -0.366. The van der Waals surface area contributed by atoms with E-state index in [2.05, 4.69) is 23.6 Å². The molecule has 0 bridgehead atoms. The van der Waals surface area contributed by atoms with E-state index >= 15 is 0 Å². The van der Waals surface area contributed by atoms with Crippen LogP contribution in [0.25, 0.3) is 10.9 Å². The van der Waals surface area contributed by atoms with Gasteiger partial charge < -0.3 is 29.9 Å². The number of hydrogen-bond acceptors (Lipinski definition) is 5. The van der Waals surface area contributed by atoms with Gasteiger partial charge in [-0.2, -0.15) is 0 Å². The first kappa shape index (κ1) is 27.9. The molecule has 6 rings (SSSR count). The van der Waals surface area contributed by atoms with E-state index in [1.807, 2.05) is 24.3 Å². The monoisotopic (exact) mass is 546 g/mol. The first-order valence-corrected chi connectivity index (χ1v) is 14.2. The molecule has 2 aromatic carbocycles. The number of aliphatic hydroxyl groups excluding tert-OH is 1. The van der Waals surface area contributed by atoms with E-state index in [1.165, 1.54) is 0 Å². The number of benzene rings is 2. The van der Waals surface area contributed by atoms with E-state index in [1.54, 1.807) is 21.9 Å². The molecule has 40 heavy (non-hydrogen) atoms. The van der Waals surface area contributed by atoms with E-state index in [-0.39, 0.29) is 18.4 Å². The second-order valence-corrected chi connectivity index (χ2v) is 10.8. The minimum atomic E-state index is -0.464. The van der Waals surface area contributed by atoms with Crippen molar-refractivity contribution in [2.24, 2.45) is 5.73 Å². The number of carbonyl (C=O) groups is 3. The molecule has 2 unspecified atom stereocenters. The fourth-order valence-electron chi connectivity index (χ4n) is 5.84. The summed E-state index contributed by atoms with van der Waals surface area (Å²) in [6.07, 6.45) is 5.01. The van der Waals surface area contributed by atoms with Gasteiger partial charge in [-0.15, -0.1) is 0 Å². The lowest BCUT2D eigenvalue weighted by atomic mass is 9.93. The standard InChI is InChI=1S/C26H28N4O3.C5H10O2/c1-2-3-12-28-16-24(31)30-15-23-20(13-22(30)26(28)33)19-6-4-5-7-21(19)29(23)14-17-8-10-18(11-9-17)25(27)32;6-5-3-1-2-4-7-5/h4-11,22H,2-3,12-16H2,1H3,(H2,27,32);5-6H,1-4H2. The smallest absolute Gasteiger partial charge is 0.248 e. The maximum absolute atomic E-state index is 13.2. The van der Waals surface area contributed by atoms with Gasteiger partial charge in [0.15, 0.2) is 6.29 Å². The first-order valence-electron chi connectivity index (χ1n) is 14.2. The number of aromatic nitrogens is 1. The van der Waals surface area contributed by atoms with E-state index < -0.39 is 18.2 Å². The highest BCUT2D eigenvalue weighted by molar-refractivity contribution is 5.97. The quantitative estimate of drug-likeness (QED) is 0.492. The van der Waals surface area contributed by atoms with Crippen LogP contribution in [-0.4, -0.2) is 69.2 Å². The summed E-state index contributed by atoms with van der Waals surface area (Å²) in [5.41, 5.74) is 10.2. The summed E-state index contributed by atoms with van der Waals surface area (Å²) >= 11 is 0. The normalized spacial score (nSPS) is 20.6. The number of piperazine rings is 1. The summed E-state index contributed by atoms with van der Waals surface area (Å²) in [5, 5.41) is 9.82. The molecule has 9 nitrogen and oxygen atoms in total. The van der Waals surface area contributed by atoms with Crippen LogP contribution in [0.4, 0.5) is 0 Å². The van der Waals surface area contributed by atoms with Gasteiger partial charge in [0.1, 0.15) is 6.04 Å². The van der Waals surface area contributed by atoms with E-state index in [0.717, 1.165) is 66.4 Å². The number of para-hydroxylation sites is 1. The van der Waals surface area contributed by atoms with Crippen LogP contribution >= 0.6 is 0 Å². The van der Waals surface area contributed by atoms with E-state index in [9.17, 15) is 14.4 Å². The lowest BCUT2D eigenvalue weighted by molar-refractivity contribution is -0.157. The van der Waals surface area contributed by atoms with Crippen LogP contribution < -0.4 is 5.73 Å². The van der Waals surface area contributed by atoms with Crippen molar-refractivity contribution in [3.63, 3.8) is 0 Å². The van der Waals surface area contributed by atoms with Gasteiger partial charge in [0.25, 0.3) is 0 Å². The Morgan fingerprint density at radius 2 is 1.85 bits per heavy atom. The molecule has 2 saturated heterocycles. The Morgan fingerprint density at radius 1 is 1.07 bits per heavy atom. The summed E-state index contributed by atoms with van der Waals surface area (Å²) in [4.78, 5) is 41.2. The maximum Gasteiger partial charge on any atom is 0.248 e. The van der Waals surface area contributed by atoms with Crippen LogP contribution in [0.15, 0.2) is 48.5 Å². The molecular formula is C31H38N4O5. The summed E-state index contributed by atoms with van der Waals surface area (Å²) in [6.45, 7) is 4.67. The van der Waals surface area contributed by atoms with Crippen LogP contribution in [0.3, 0.4) is 0 Å². The molecule has 0 saturated carbocycles. The Morgan fingerprint density at radius 3 is 2.50 bits per heavy atom. The Labute approximate surface area is 234 Å². The molecule has 0 spiro atoms. The molecule has 4 heterocycles. The maximum atomic E-state index is 13.2. The molecule has 212 valence electrons. The summed E-state index contributed by atoms with van der Waals surface area (Å²) < 4.78 is 7.07. The Hall–Kier alpha value is -3.69. The number of rotatable bonds is 6. The third-order valence-electron chi connectivity index (χ3n) is 8.05. The lowest BCUT2D eigenvalue weighted by Crippen LogP contribution is -2.61. The van der Waals surface area contributed by atoms with Gasteiger partial charge >= 0.3 is 0 Å². The second kappa shape index (κ2) is 12.2. The minimum Gasteiger partial charge on any atom is -0.368 e. The van der Waals surface area contributed by atoms with Gasteiger partial charge in [-0.3, -0.25) is 14.4 Å². The van der Waals surface area contributed by atoms with Gasteiger partial charge in [0.2, 0.25) is 17.7 Å². The molecule has 0 radical (unpaired) electrons. The first-order chi connectivity index (χ1) is 19.4. The SMILES string of the molecule is CCCCN1CC(=O)N2Cc3c(c4ccccc4n3Cc3ccc(C(N)=O)cc3)CC2C1=O.OC1CCCCO1. The molecule has 3 aromatic rings. The van der Waals surface area contributed by atoms with Crippen LogP contribution in [0.2, 0.25) is 0 Å². The van der Waals surface area contributed by atoms with Gasteiger partial charge in [0.05, 0.1) is 13.1 Å². The highest BCUT2D eigenvalue weighted by atomic mass is 16.6. The molecule has 1 aromatic heterocycles. The Bertz CT molecular complexity index is 1380. The molecule has 2 fully saturated rings. The van der Waals surface area contributed by atoms with Crippen molar-refractivity contribution >= 4 is 28.6 Å². The molecule has 3 N–H and O–H groups in total. The molecule has 0 aliphatic carbocycles. The van der Waals surface area contributed by atoms with E-state index in [0.29, 0.717) is 31.6 Å². The molecule has 9 heteroatoms. The fourth-order valence-corrected chi connectivity index (χ4v) is 5.84. The van der Waals surface area contributed by atoms with Crippen molar-refractivity contribution in [1.29, 1.82) is 0 Å². The van der Waals surface area contributed by atoms with Crippen LogP contribution in [0.1, 0.15) is 66.2 Å². The highest BCUT2D eigenvalue weighted by Crippen LogP contribution is 2.35. The van der Waals surface area contributed by atoms with Crippen molar-refractivity contribution in [3.8, 4) is 0 Å². The van der Waals surface area contributed by atoms with Gasteiger partial charge in [0, 0.05) is 48.3 Å². The van der Waals surface area contributed by atoms with Crippen LogP contribution in [-0.2, 0) is 33.8 Å². The van der Waals surface area contributed by atoms with Crippen molar-refractivity contribution < 1.29 is 24.2 Å². The lowest BCUT2D eigenvalue weighted by Gasteiger charge is -2.43. The average molecular weight is 547 g/mol. The van der Waals surface area contributed by atoms with Crippen LogP contribution in [0.5, 0.6) is 0 Å². The number of amides is 3. The van der Waals surface area contributed by atoms with Crippen molar-refractivity contribution in [1.82, 2.24) is 14.4 Å². The zero-order valence-corrected chi connectivity index (χ0v) is 23.1. The fraction of sp³-hybridized carbons (Fsp3) is 0.452. The molecule has 3 aliphatic rings. The summed E-state index contributed by atoms with van der Waals surface area (Å²) in [7, 11) is 0. The van der Waals surface area contributed by atoms with Gasteiger partial charge in [-0.05, 0) is 55.0 Å². The van der Waals surface area contributed by atoms with Gasteiger partial charge in [-0.1, -0.05) is 43.7 Å². The molecular weight excluding hydrogens is 508 g/mol. The Balaban J connectivity index is 0.000000403. The number of nitrogens with two attached hydrogens (primary N) is 1. The number of primary amides is 1. The highest BCUT2D eigenvalue weighted by Gasteiger charge is 2.43. The number of carbonyl (C=O) groups excluding carboxylic acids is 3. The van der Waals surface area contributed by atoms with E-state index in [4.69, 9.17) is 15.6 Å². The second-order valence-electron chi connectivity index (χ2n) is 10.8. The third-order valence-corrected chi connectivity index (χ3v) is 8.05. The number of hydrogen-bond donors (Lipinski definition) is 2. The van der Waals surface area contributed by atoms with Crippen molar-refractivity contribution in [2.75, 3.05) is 19.7 Å². The molecule has 2 atom stereocenters. The average Bonchev–Trinajstić information content (AvgIpc) is 3.27. The number of aliphatic hydroxyl groups is 1. The zero-order chi connectivity index (χ0) is 28.2. The predicted molar refractivity (Wildman–Crippen MR) is 151 cm³/mol. The Kier molecular flexibility index (Phi) is 8.52. The minimum absolute atomic E-state index is 0.0176. The largest absolute Gasteiger partial charge is 0.368 e. The van der Waals surface area contributed by atoms with Gasteiger partial charge in [-0.25, -0.2) is 0 Å².